The Morgan fingerprint density at radius 1 is 1.56 bits per heavy atom. The van der Waals surface area contributed by atoms with Gasteiger partial charge in [-0.15, -0.1) is 11.3 Å². The summed E-state index contributed by atoms with van der Waals surface area (Å²) in [4.78, 5) is 1.38. The monoisotopic (exact) mass is 243 g/mol. The highest BCUT2D eigenvalue weighted by Gasteiger charge is 2.10. The van der Waals surface area contributed by atoms with Gasteiger partial charge in [-0.2, -0.15) is 0 Å². The van der Waals surface area contributed by atoms with Crippen LogP contribution in [0.5, 0.6) is 0 Å². The van der Waals surface area contributed by atoms with E-state index in [0.717, 1.165) is 13.0 Å². The molecule has 0 fully saturated rings. The molecule has 0 spiro atoms. The molecule has 2 N–H and O–H groups in total. The van der Waals surface area contributed by atoms with Crippen LogP contribution in [0.15, 0.2) is 11.4 Å². The molecule has 0 saturated heterocycles. The van der Waals surface area contributed by atoms with Crippen LogP contribution in [-0.2, 0) is 4.74 Å². The minimum Gasteiger partial charge on any atom is -0.391 e. The van der Waals surface area contributed by atoms with E-state index in [0.29, 0.717) is 12.6 Å². The van der Waals surface area contributed by atoms with Crippen molar-refractivity contribution in [1.82, 2.24) is 5.32 Å². The molecule has 0 aromatic carbocycles. The van der Waals surface area contributed by atoms with Gasteiger partial charge in [0.05, 0.1) is 12.7 Å². The molecule has 0 aliphatic heterocycles. The van der Waals surface area contributed by atoms with Crippen molar-refractivity contribution in [2.45, 2.75) is 32.4 Å². The first-order valence-corrected chi connectivity index (χ1v) is 6.47. The molecule has 1 rings (SSSR count). The SMILES string of the molecule is COCC(O)CCNC(C)c1sccc1C. The van der Waals surface area contributed by atoms with E-state index >= 15 is 0 Å². The molecule has 1 aromatic rings. The third-order valence-corrected chi connectivity index (χ3v) is 3.78. The van der Waals surface area contributed by atoms with Crippen molar-refractivity contribution in [2.24, 2.45) is 0 Å². The molecule has 0 radical (unpaired) electrons. The first-order chi connectivity index (χ1) is 7.65. The van der Waals surface area contributed by atoms with Crippen LogP contribution in [0.4, 0.5) is 0 Å². The van der Waals surface area contributed by atoms with Crippen LogP contribution in [0, 0.1) is 6.92 Å². The molecule has 0 aliphatic carbocycles. The summed E-state index contributed by atoms with van der Waals surface area (Å²) in [6.07, 6.45) is 0.358. The van der Waals surface area contributed by atoms with E-state index < -0.39 is 0 Å². The first-order valence-electron chi connectivity index (χ1n) is 5.59. The zero-order valence-corrected chi connectivity index (χ0v) is 11.0. The average Bonchev–Trinajstić information content (AvgIpc) is 2.64. The number of aliphatic hydroxyl groups excluding tert-OH is 1. The summed E-state index contributed by atoms with van der Waals surface area (Å²) >= 11 is 1.78. The number of aliphatic hydroxyl groups is 1. The van der Waals surface area contributed by atoms with Gasteiger partial charge in [-0.3, -0.25) is 0 Å². The molecule has 0 saturated carbocycles. The van der Waals surface area contributed by atoms with Crippen LogP contribution in [0.3, 0.4) is 0 Å². The van der Waals surface area contributed by atoms with Gasteiger partial charge in [0.1, 0.15) is 0 Å². The van der Waals surface area contributed by atoms with Crippen LogP contribution in [0.25, 0.3) is 0 Å². The minimum atomic E-state index is -0.367. The largest absolute Gasteiger partial charge is 0.391 e. The molecular formula is C12H21NO2S. The Bertz CT molecular complexity index is 301. The van der Waals surface area contributed by atoms with Crippen LogP contribution < -0.4 is 5.32 Å². The zero-order valence-electron chi connectivity index (χ0n) is 10.2. The molecule has 16 heavy (non-hydrogen) atoms. The van der Waals surface area contributed by atoms with Gasteiger partial charge in [-0.05, 0) is 43.8 Å². The highest BCUT2D eigenvalue weighted by molar-refractivity contribution is 7.10. The van der Waals surface area contributed by atoms with E-state index in [-0.39, 0.29) is 6.10 Å². The van der Waals surface area contributed by atoms with Gasteiger partial charge in [-0.1, -0.05) is 0 Å². The Kier molecular flexibility index (Phi) is 5.98. The first kappa shape index (κ1) is 13.6. The summed E-state index contributed by atoms with van der Waals surface area (Å²) in [7, 11) is 1.61. The summed E-state index contributed by atoms with van der Waals surface area (Å²) in [6, 6.07) is 2.49. The number of aryl methyl sites for hydroxylation is 1. The summed E-state index contributed by atoms with van der Waals surface area (Å²) in [5.41, 5.74) is 1.34. The molecule has 2 unspecified atom stereocenters. The van der Waals surface area contributed by atoms with Crippen LogP contribution in [0.2, 0.25) is 0 Å². The van der Waals surface area contributed by atoms with Gasteiger partial charge in [-0.25, -0.2) is 0 Å². The lowest BCUT2D eigenvalue weighted by Gasteiger charge is -2.15. The molecule has 0 amide bonds. The van der Waals surface area contributed by atoms with Gasteiger partial charge in [0.25, 0.3) is 0 Å². The van der Waals surface area contributed by atoms with Gasteiger partial charge in [0.15, 0.2) is 0 Å². The highest BCUT2D eigenvalue weighted by atomic mass is 32.1. The third-order valence-electron chi connectivity index (χ3n) is 2.58. The second-order valence-corrected chi connectivity index (χ2v) is 4.99. The quantitative estimate of drug-likeness (QED) is 0.770. The molecule has 3 nitrogen and oxygen atoms in total. The van der Waals surface area contributed by atoms with Crippen molar-refractivity contribution in [3.63, 3.8) is 0 Å². The predicted molar refractivity (Wildman–Crippen MR) is 68.0 cm³/mol. The fourth-order valence-corrected chi connectivity index (χ4v) is 2.62. The van der Waals surface area contributed by atoms with Crippen LogP contribution in [0.1, 0.15) is 29.8 Å². The molecule has 92 valence electrons. The third kappa shape index (κ3) is 4.22. The summed E-state index contributed by atoms with van der Waals surface area (Å²) < 4.78 is 4.88. The summed E-state index contributed by atoms with van der Waals surface area (Å²) in [5.74, 6) is 0. The maximum Gasteiger partial charge on any atom is 0.0785 e. The molecular weight excluding hydrogens is 222 g/mol. The Labute approximate surface area is 101 Å². The van der Waals surface area contributed by atoms with Crippen molar-refractivity contribution < 1.29 is 9.84 Å². The fraction of sp³-hybridized carbons (Fsp3) is 0.667. The second kappa shape index (κ2) is 7.01. The fourth-order valence-electron chi connectivity index (χ4n) is 1.66. The average molecular weight is 243 g/mol. The number of thiophene rings is 1. The van der Waals surface area contributed by atoms with E-state index in [2.05, 4.69) is 30.6 Å². The Balaban J connectivity index is 2.25. The van der Waals surface area contributed by atoms with E-state index in [1.807, 2.05) is 0 Å². The number of methoxy groups -OCH3 is 1. The van der Waals surface area contributed by atoms with E-state index in [4.69, 9.17) is 4.74 Å². The van der Waals surface area contributed by atoms with Crippen molar-refractivity contribution in [3.8, 4) is 0 Å². The zero-order chi connectivity index (χ0) is 12.0. The van der Waals surface area contributed by atoms with E-state index in [9.17, 15) is 5.11 Å². The number of ether oxygens (including phenoxy) is 1. The van der Waals surface area contributed by atoms with Gasteiger partial charge >= 0.3 is 0 Å². The minimum absolute atomic E-state index is 0.356. The van der Waals surface area contributed by atoms with Crippen molar-refractivity contribution in [3.05, 3.63) is 21.9 Å². The Morgan fingerprint density at radius 3 is 2.88 bits per heavy atom. The van der Waals surface area contributed by atoms with Gasteiger partial charge in [0, 0.05) is 18.0 Å². The second-order valence-electron chi connectivity index (χ2n) is 4.04. The lowest BCUT2D eigenvalue weighted by molar-refractivity contribution is 0.0591. The highest BCUT2D eigenvalue weighted by Crippen LogP contribution is 2.23. The van der Waals surface area contributed by atoms with Crippen LogP contribution >= 0.6 is 11.3 Å². The Morgan fingerprint density at radius 2 is 2.31 bits per heavy atom. The number of rotatable bonds is 7. The Hall–Kier alpha value is -0.420. The molecule has 1 heterocycles. The van der Waals surface area contributed by atoms with Crippen molar-refractivity contribution >= 4 is 11.3 Å². The lowest BCUT2D eigenvalue weighted by atomic mass is 10.2. The van der Waals surface area contributed by atoms with Gasteiger partial charge in [0.2, 0.25) is 0 Å². The summed E-state index contributed by atoms with van der Waals surface area (Å²) in [6.45, 7) is 5.50. The van der Waals surface area contributed by atoms with E-state index in [1.54, 1.807) is 18.4 Å². The molecule has 4 heteroatoms. The number of nitrogens with one attached hydrogen (secondary N) is 1. The van der Waals surface area contributed by atoms with Crippen LogP contribution in [-0.4, -0.2) is 31.5 Å². The summed E-state index contributed by atoms with van der Waals surface area (Å²) in [5, 5.41) is 15.0. The molecule has 1 aromatic heterocycles. The smallest absolute Gasteiger partial charge is 0.0785 e. The molecule has 0 bridgehead atoms. The predicted octanol–water partition coefficient (Wildman–Crippen LogP) is 2.10. The van der Waals surface area contributed by atoms with Gasteiger partial charge < -0.3 is 15.2 Å². The standard InChI is InChI=1S/C12H21NO2S/c1-9-5-7-16-12(9)10(2)13-6-4-11(14)8-15-3/h5,7,10-11,13-14H,4,6,8H2,1-3H3. The number of hydrogen-bond acceptors (Lipinski definition) is 4. The lowest BCUT2D eigenvalue weighted by Crippen LogP contribution is -2.25. The maximum atomic E-state index is 9.48. The number of hydrogen-bond donors (Lipinski definition) is 2. The molecule has 2 atom stereocenters. The maximum absolute atomic E-state index is 9.48. The normalized spacial score (nSPS) is 15.0. The van der Waals surface area contributed by atoms with E-state index in [1.165, 1.54) is 10.4 Å². The molecule has 0 aliphatic rings. The topological polar surface area (TPSA) is 41.5 Å². The van der Waals surface area contributed by atoms with Crippen molar-refractivity contribution in [2.75, 3.05) is 20.3 Å². The van der Waals surface area contributed by atoms with Crippen molar-refractivity contribution in [1.29, 1.82) is 0 Å².